The Balaban J connectivity index is 3.36. The maximum absolute atomic E-state index is 13.3. The van der Waals surface area contributed by atoms with Gasteiger partial charge in [0, 0.05) is 5.46 Å². The number of hydrogen-bond donors (Lipinski definition) is 2. The molecule has 0 aromatic heterocycles. The standard InChI is InChI=1S/C10H14BFO2/c1-10(2,3)7-5-4-6-8(12)9(7)11(13)14/h4-6,13-14H,1-3H3. The van der Waals surface area contributed by atoms with Gasteiger partial charge in [-0.15, -0.1) is 0 Å². The van der Waals surface area contributed by atoms with E-state index in [-0.39, 0.29) is 10.9 Å². The van der Waals surface area contributed by atoms with Gasteiger partial charge in [-0.05, 0) is 17.0 Å². The van der Waals surface area contributed by atoms with Gasteiger partial charge in [-0.2, -0.15) is 0 Å². The Hall–Kier alpha value is -0.865. The number of rotatable bonds is 1. The van der Waals surface area contributed by atoms with Crippen molar-refractivity contribution >= 4 is 12.6 Å². The molecule has 0 unspecified atom stereocenters. The Morgan fingerprint density at radius 2 is 1.79 bits per heavy atom. The van der Waals surface area contributed by atoms with Gasteiger partial charge in [0.1, 0.15) is 5.82 Å². The van der Waals surface area contributed by atoms with Crippen LogP contribution in [-0.2, 0) is 5.41 Å². The fraction of sp³-hybridized carbons (Fsp3) is 0.400. The zero-order valence-electron chi connectivity index (χ0n) is 8.58. The van der Waals surface area contributed by atoms with Gasteiger partial charge in [0.2, 0.25) is 0 Å². The van der Waals surface area contributed by atoms with E-state index in [1.165, 1.54) is 6.07 Å². The van der Waals surface area contributed by atoms with E-state index in [9.17, 15) is 4.39 Å². The van der Waals surface area contributed by atoms with Gasteiger partial charge in [0.05, 0.1) is 0 Å². The summed E-state index contributed by atoms with van der Waals surface area (Å²) >= 11 is 0. The molecule has 1 rings (SSSR count). The second-order valence-electron chi connectivity index (χ2n) is 4.32. The summed E-state index contributed by atoms with van der Waals surface area (Å²) in [6.45, 7) is 5.69. The summed E-state index contributed by atoms with van der Waals surface area (Å²) < 4.78 is 13.3. The first kappa shape index (κ1) is 11.2. The summed E-state index contributed by atoms with van der Waals surface area (Å²) in [5.41, 5.74) is 0.286. The first-order chi connectivity index (χ1) is 6.34. The molecular weight excluding hydrogens is 182 g/mol. The maximum Gasteiger partial charge on any atom is 0.491 e. The van der Waals surface area contributed by atoms with Gasteiger partial charge >= 0.3 is 7.12 Å². The molecule has 1 aromatic rings. The molecule has 0 atom stereocenters. The van der Waals surface area contributed by atoms with Crippen LogP contribution in [0.2, 0.25) is 0 Å². The molecule has 0 spiro atoms. The smallest absolute Gasteiger partial charge is 0.423 e. The summed E-state index contributed by atoms with van der Waals surface area (Å²) in [5, 5.41) is 18.1. The quantitative estimate of drug-likeness (QED) is 0.652. The number of benzene rings is 1. The maximum atomic E-state index is 13.3. The minimum absolute atomic E-state index is 0.0278. The minimum Gasteiger partial charge on any atom is -0.423 e. The van der Waals surface area contributed by atoms with E-state index in [2.05, 4.69) is 0 Å². The average molecular weight is 196 g/mol. The van der Waals surface area contributed by atoms with Gasteiger partial charge in [-0.3, -0.25) is 0 Å². The molecule has 1 aromatic carbocycles. The van der Waals surface area contributed by atoms with Crippen molar-refractivity contribution in [3.8, 4) is 0 Å². The molecule has 4 heteroatoms. The van der Waals surface area contributed by atoms with E-state index in [1.807, 2.05) is 20.8 Å². The van der Waals surface area contributed by atoms with E-state index in [0.29, 0.717) is 5.56 Å². The highest BCUT2D eigenvalue weighted by Crippen LogP contribution is 2.21. The summed E-state index contributed by atoms with van der Waals surface area (Å²) in [6.07, 6.45) is 0. The zero-order valence-corrected chi connectivity index (χ0v) is 8.58. The molecule has 0 radical (unpaired) electrons. The molecule has 2 nitrogen and oxygen atoms in total. The Kier molecular flexibility index (Phi) is 2.97. The van der Waals surface area contributed by atoms with Crippen molar-refractivity contribution in [2.24, 2.45) is 0 Å². The van der Waals surface area contributed by atoms with E-state index < -0.39 is 12.9 Å². The predicted molar refractivity (Wildman–Crippen MR) is 54.9 cm³/mol. The van der Waals surface area contributed by atoms with Gasteiger partial charge in [-0.1, -0.05) is 32.9 Å². The summed E-state index contributed by atoms with van der Waals surface area (Å²) in [7, 11) is -1.76. The molecule has 76 valence electrons. The molecule has 0 saturated heterocycles. The third kappa shape index (κ3) is 2.14. The lowest BCUT2D eigenvalue weighted by Gasteiger charge is -2.22. The normalized spacial score (nSPS) is 11.6. The molecule has 0 aliphatic heterocycles. The lowest BCUT2D eigenvalue weighted by atomic mass is 9.70. The number of halogens is 1. The SMILES string of the molecule is CC(C)(C)c1cccc(F)c1B(O)O. The molecule has 0 heterocycles. The fourth-order valence-corrected chi connectivity index (χ4v) is 1.45. The van der Waals surface area contributed by atoms with E-state index in [4.69, 9.17) is 10.0 Å². The van der Waals surface area contributed by atoms with Gasteiger partial charge in [-0.25, -0.2) is 4.39 Å². The molecule has 0 saturated carbocycles. The van der Waals surface area contributed by atoms with Crippen LogP contribution in [0.3, 0.4) is 0 Å². The van der Waals surface area contributed by atoms with Crippen LogP contribution < -0.4 is 5.46 Å². The zero-order chi connectivity index (χ0) is 10.9. The molecule has 0 bridgehead atoms. The Labute approximate surface area is 83.5 Å². The Morgan fingerprint density at radius 3 is 2.14 bits per heavy atom. The first-order valence-electron chi connectivity index (χ1n) is 4.49. The van der Waals surface area contributed by atoms with E-state index >= 15 is 0 Å². The highest BCUT2D eigenvalue weighted by atomic mass is 19.1. The van der Waals surface area contributed by atoms with Crippen LogP contribution in [-0.4, -0.2) is 17.2 Å². The topological polar surface area (TPSA) is 40.5 Å². The van der Waals surface area contributed by atoms with Crippen LogP contribution in [0.5, 0.6) is 0 Å². The average Bonchev–Trinajstić information content (AvgIpc) is 2.01. The van der Waals surface area contributed by atoms with Gasteiger partial charge in [0.25, 0.3) is 0 Å². The molecular formula is C10H14BFO2. The third-order valence-electron chi connectivity index (χ3n) is 2.12. The first-order valence-corrected chi connectivity index (χ1v) is 4.49. The van der Waals surface area contributed by atoms with Crippen molar-refractivity contribution < 1.29 is 14.4 Å². The van der Waals surface area contributed by atoms with Crippen molar-refractivity contribution in [2.45, 2.75) is 26.2 Å². The van der Waals surface area contributed by atoms with Crippen molar-refractivity contribution in [1.29, 1.82) is 0 Å². The second kappa shape index (κ2) is 3.71. The van der Waals surface area contributed by atoms with Gasteiger partial charge in [0.15, 0.2) is 0 Å². The lowest BCUT2D eigenvalue weighted by molar-refractivity contribution is 0.420. The third-order valence-corrected chi connectivity index (χ3v) is 2.12. The van der Waals surface area contributed by atoms with E-state index in [1.54, 1.807) is 12.1 Å². The van der Waals surface area contributed by atoms with Crippen LogP contribution in [0.4, 0.5) is 4.39 Å². The summed E-state index contributed by atoms with van der Waals surface area (Å²) in [4.78, 5) is 0. The van der Waals surface area contributed by atoms with Crippen molar-refractivity contribution in [3.63, 3.8) is 0 Å². The Morgan fingerprint density at radius 1 is 1.21 bits per heavy atom. The van der Waals surface area contributed by atoms with Gasteiger partial charge < -0.3 is 10.0 Å². The van der Waals surface area contributed by atoms with Crippen molar-refractivity contribution in [3.05, 3.63) is 29.6 Å². The molecule has 0 amide bonds. The summed E-state index contributed by atoms with van der Waals surface area (Å²) in [5.74, 6) is -0.576. The van der Waals surface area contributed by atoms with E-state index in [0.717, 1.165) is 0 Å². The van der Waals surface area contributed by atoms with Crippen LogP contribution in [0.25, 0.3) is 0 Å². The minimum atomic E-state index is -1.76. The van der Waals surface area contributed by atoms with Crippen LogP contribution in [0, 0.1) is 5.82 Å². The molecule has 2 N–H and O–H groups in total. The molecule has 14 heavy (non-hydrogen) atoms. The van der Waals surface area contributed by atoms with Crippen LogP contribution >= 0.6 is 0 Å². The van der Waals surface area contributed by atoms with Crippen LogP contribution in [0.15, 0.2) is 18.2 Å². The summed E-state index contributed by atoms with van der Waals surface area (Å²) in [6, 6.07) is 4.50. The monoisotopic (exact) mass is 196 g/mol. The molecule has 0 fully saturated rings. The van der Waals surface area contributed by atoms with Crippen molar-refractivity contribution in [1.82, 2.24) is 0 Å². The highest BCUT2D eigenvalue weighted by molar-refractivity contribution is 6.59. The largest absolute Gasteiger partial charge is 0.491 e. The second-order valence-corrected chi connectivity index (χ2v) is 4.32. The predicted octanol–water partition coefficient (Wildman–Crippen LogP) is 0.803. The lowest BCUT2D eigenvalue weighted by Crippen LogP contribution is -2.39. The Bertz CT molecular complexity index is 331. The number of hydrogen-bond acceptors (Lipinski definition) is 2. The molecule has 0 aliphatic rings. The molecule has 0 aliphatic carbocycles. The fourth-order valence-electron chi connectivity index (χ4n) is 1.45. The van der Waals surface area contributed by atoms with Crippen molar-refractivity contribution in [2.75, 3.05) is 0 Å². The van der Waals surface area contributed by atoms with Crippen LogP contribution in [0.1, 0.15) is 26.3 Å². The highest BCUT2D eigenvalue weighted by Gasteiger charge is 2.26.